The summed E-state index contributed by atoms with van der Waals surface area (Å²) in [6.45, 7) is 3.79. The van der Waals surface area contributed by atoms with Gasteiger partial charge in [0, 0.05) is 18.3 Å². The molecule has 0 aliphatic rings. The number of aromatic nitrogens is 4. The second-order valence-electron chi connectivity index (χ2n) is 4.98. The predicted molar refractivity (Wildman–Crippen MR) is 80.4 cm³/mol. The monoisotopic (exact) mass is 297 g/mol. The van der Waals surface area contributed by atoms with Crippen LogP contribution in [0.1, 0.15) is 21.6 Å². The Morgan fingerprint density at radius 2 is 2.00 bits per heavy atom. The molecule has 0 unspecified atom stereocenters. The molecule has 0 radical (unpaired) electrons. The van der Waals surface area contributed by atoms with E-state index in [2.05, 4.69) is 20.6 Å². The maximum absolute atomic E-state index is 12.2. The van der Waals surface area contributed by atoms with Crippen LogP contribution in [-0.2, 0) is 7.05 Å². The standard InChI is InChI=1S/C15H15N5O2/c1-9-6-4-5-7-11(9)13(21)16-15-18-17-14(22-15)12-8-10(2)20(3)19-12/h4-8H,1-3H3,(H,16,18,21). The third-order valence-electron chi connectivity index (χ3n) is 3.37. The van der Waals surface area contributed by atoms with E-state index in [-0.39, 0.29) is 17.8 Å². The molecule has 0 spiro atoms. The topological polar surface area (TPSA) is 85.8 Å². The van der Waals surface area contributed by atoms with Crippen molar-refractivity contribution >= 4 is 11.9 Å². The minimum Gasteiger partial charge on any atom is -0.401 e. The highest BCUT2D eigenvalue weighted by Crippen LogP contribution is 2.19. The van der Waals surface area contributed by atoms with Crippen molar-refractivity contribution in [3.05, 3.63) is 47.2 Å². The molecular formula is C15H15N5O2. The largest absolute Gasteiger partial charge is 0.401 e. The molecule has 0 bridgehead atoms. The molecule has 3 rings (SSSR count). The quantitative estimate of drug-likeness (QED) is 0.802. The molecule has 7 nitrogen and oxygen atoms in total. The number of carbonyl (C=O) groups is 1. The van der Waals surface area contributed by atoms with Crippen LogP contribution in [0.25, 0.3) is 11.6 Å². The summed E-state index contributed by atoms with van der Waals surface area (Å²) in [6.07, 6.45) is 0. The molecule has 0 saturated heterocycles. The SMILES string of the molecule is Cc1ccccc1C(=O)Nc1nnc(-c2cc(C)n(C)n2)o1. The molecule has 2 heterocycles. The van der Waals surface area contributed by atoms with Gasteiger partial charge < -0.3 is 4.42 Å². The summed E-state index contributed by atoms with van der Waals surface area (Å²) in [7, 11) is 1.83. The van der Waals surface area contributed by atoms with E-state index in [1.807, 2.05) is 39.1 Å². The number of rotatable bonds is 3. The van der Waals surface area contributed by atoms with Crippen molar-refractivity contribution in [3.63, 3.8) is 0 Å². The zero-order valence-corrected chi connectivity index (χ0v) is 12.5. The van der Waals surface area contributed by atoms with Gasteiger partial charge in [-0.25, -0.2) is 0 Å². The maximum Gasteiger partial charge on any atom is 0.322 e. The van der Waals surface area contributed by atoms with Gasteiger partial charge in [-0.15, -0.1) is 5.10 Å². The molecule has 1 amide bonds. The summed E-state index contributed by atoms with van der Waals surface area (Å²) in [6, 6.07) is 9.17. The second kappa shape index (κ2) is 5.44. The average molecular weight is 297 g/mol. The number of nitrogens with zero attached hydrogens (tertiary/aromatic N) is 4. The molecule has 0 aliphatic heterocycles. The Bertz CT molecular complexity index is 815. The normalized spacial score (nSPS) is 10.7. The van der Waals surface area contributed by atoms with Gasteiger partial charge in [-0.05, 0) is 31.5 Å². The second-order valence-corrected chi connectivity index (χ2v) is 4.98. The Morgan fingerprint density at radius 3 is 2.68 bits per heavy atom. The van der Waals surface area contributed by atoms with Gasteiger partial charge in [0.15, 0.2) is 0 Å². The zero-order valence-electron chi connectivity index (χ0n) is 12.5. The highest BCUT2D eigenvalue weighted by Gasteiger charge is 2.15. The Labute approximate surface area is 127 Å². The fourth-order valence-corrected chi connectivity index (χ4v) is 2.03. The number of anilines is 1. The first kappa shape index (κ1) is 14.0. The van der Waals surface area contributed by atoms with E-state index in [0.717, 1.165) is 11.3 Å². The number of aryl methyl sites for hydroxylation is 3. The van der Waals surface area contributed by atoms with E-state index in [1.165, 1.54) is 0 Å². The molecular weight excluding hydrogens is 282 g/mol. The third kappa shape index (κ3) is 2.60. The van der Waals surface area contributed by atoms with E-state index in [0.29, 0.717) is 11.3 Å². The van der Waals surface area contributed by atoms with E-state index in [1.54, 1.807) is 16.8 Å². The van der Waals surface area contributed by atoms with Crippen molar-refractivity contribution in [2.75, 3.05) is 5.32 Å². The first-order valence-electron chi connectivity index (χ1n) is 6.76. The number of hydrogen-bond acceptors (Lipinski definition) is 5. The Balaban J connectivity index is 1.80. The highest BCUT2D eigenvalue weighted by atomic mass is 16.4. The molecule has 0 atom stereocenters. The summed E-state index contributed by atoms with van der Waals surface area (Å²) < 4.78 is 7.15. The summed E-state index contributed by atoms with van der Waals surface area (Å²) >= 11 is 0. The number of carbonyl (C=O) groups excluding carboxylic acids is 1. The molecule has 0 saturated carbocycles. The molecule has 1 aromatic carbocycles. The minimum atomic E-state index is -0.287. The third-order valence-corrected chi connectivity index (χ3v) is 3.37. The highest BCUT2D eigenvalue weighted by molar-refractivity contribution is 6.04. The van der Waals surface area contributed by atoms with Gasteiger partial charge in [0.1, 0.15) is 5.69 Å². The molecule has 2 aromatic heterocycles. The summed E-state index contributed by atoms with van der Waals surface area (Å²) in [4.78, 5) is 12.2. The summed E-state index contributed by atoms with van der Waals surface area (Å²) in [5.74, 6) is -0.0192. The molecule has 0 aliphatic carbocycles. The molecule has 3 aromatic rings. The fourth-order valence-electron chi connectivity index (χ4n) is 2.03. The molecule has 112 valence electrons. The lowest BCUT2D eigenvalue weighted by molar-refractivity contribution is 0.102. The molecule has 0 fully saturated rings. The molecule has 22 heavy (non-hydrogen) atoms. The van der Waals surface area contributed by atoms with Gasteiger partial charge in [0.05, 0.1) is 0 Å². The molecule has 1 N–H and O–H groups in total. The number of hydrogen-bond donors (Lipinski definition) is 1. The smallest absolute Gasteiger partial charge is 0.322 e. The number of amides is 1. The van der Waals surface area contributed by atoms with Crippen LogP contribution < -0.4 is 5.32 Å². The van der Waals surface area contributed by atoms with Crippen LogP contribution in [0.4, 0.5) is 6.01 Å². The molecule has 7 heteroatoms. The number of nitrogens with one attached hydrogen (secondary N) is 1. The lowest BCUT2D eigenvalue weighted by Crippen LogP contribution is -2.13. The van der Waals surface area contributed by atoms with Crippen LogP contribution in [0.15, 0.2) is 34.7 Å². The van der Waals surface area contributed by atoms with Crippen LogP contribution >= 0.6 is 0 Å². The van der Waals surface area contributed by atoms with E-state index in [4.69, 9.17) is 4.42 Å². The van der Waals surface area contributed by atoms with E-state index in [9.17, 15) is 4.79 Å². The van der Waals surface area contributed by atoms with Crippen molar-refractivity contribution in [2.45, 2.75) is 13.8 Å². The van der Waals surface area contributed by atoms with Crippen molar-refractivity contribution in [1.82, 2.24) is 20.0 Å². The number of benzene rings is 1. The van der Waals surface area contributed by atoms with Crippen molar-refractivity contribution in [3.8, 4) is 11.6 Å². The van der Waals surface area contributed by atoms with Crippen molar-refractivity contribution in [2.24, 2.45) is 7.05 Å². The first-order chi connectivity index (χ1) is 10.5. The summed E-state index contributed by atoms with van der Waals surface area (Å²) in [5.41, 5.74) is 2.98. The van der Waals surface area contributed by atoms with Gasteiger partial charge in [-0.1, -0.05) is 23.3 Å². The Hall–Kier alpha value is -2.96. The lowest BCUT2D eigenvalue weighted by Gasteiger charge is -2.03. The van der Waals surface area contributed by atoms with Crippen LogP contribution in [0, 0.1) is 13.8 Å². The van der Waals surface area contributed by atoms with Gasteiger partial charge in [0.2, 0.25) is 0 Å². The van der Waals surface area contributed by atoms with Gasteiger partial charge in [0.25, 0.3) is 11.8 Å². The van der Waals surface area contributed by atoms with Gasteiger partial charge in [-0.2, -0.15) is 5.10 Å². The van der Waals surface area contributed by atoms with E-state index >= 15 is 0 Å². The van der Waals surface area contributed by atoms with Crippen LogP contribution in [-0.4, -0.2) is 25.9 Å². The van der Waals surface area contributed by atoms with Crippen molar-refractivity contribution in [1.29, 1.82) is 0 Å². The fraction of sp³-hybridized carbons (Fsp3) is 0.200. The van der Waals surface area contributed by atoms with Crippen molar-refractivity contribution < 1.29 is 9.21 Å². The Kier molecular flexibility index (Phi) is 3.46. The minimum absolute atomic E-state index is 0.0477. The lowest BCUT2D eigenvalue weighted by atomic mass is 10.1. The Morgan fingerprint density at radius 1 is 1.23 bits per heavy atom. The van der Waals surface area contributed by atoms with Crippen LogP contribution in [0.5, 0.6) is 0 Å². The average Bonchev–Trinajstić information content (AvgIpc) is 3.07. The summed E-state index contributed by atoms with van der Waals surface area (Å²) in [5, 5.41) is 14.6. The van der Waals surface area contributed by atoms with Gasteiger partial charge >= 0.3 is 6.01 Å². The maximum atomic E-state index is 12.2. The van der Waals surface area contributed by atoms with Crippen LogP contribution in [0.2, 0.25) is 0 Å². The van der Waals surface area contributed by atoms with Gasteiger partial charge in [-0.3, -0.25) is 14.8 Å². The predicted octanol–water partition coefficient (Wildman–Crippen LogP) is 2.34. The van der Waals surface area contributed by atoms with E-state index < -0.39 is 0 Å². The first-order valence-corrected chi connectivity index (χ1v) is 6.76. The van der Waals surface area contributed by atoms with Crippen LogP contribution in [0.3, 0.4) is 0 Å². The zero-order chi connectivity index (χ0) is 15.7.